The molecule has 0 aliphatic carbocycles. The second-order valence-electron chi connectivity index (χ2n) is 5.77. The van der Waals surface area contributed by atoms with E-state index < -0.39 is 8.07 Å². The first kappa shape index (κ1) is 16.0. The summed E-state index contributed by atoms with van der Waals surface area (Å²) in [6.07, 6.45) is 12.9. The lowest BCUT2D eigenvalue weighted by atomic mass is 10.1. The van der Waals surface area contributed by atoms with Gasteiger partial charge in [0.25, 0.3) is 0 Å². The maximum absolute atomic E-state index is 3.95. The van der Waals surface area contributed by atoms with E-state index in [1.54, 1.807) is 0 Å². The monoisotopic (exact) mass is 240 g/mol. The largest absolute Gasteiger partial charge is 0.107 e. The van der Waals surface area contributed by atoms with Crippen LogP contribution in [-0.4, -0.2) is 8.07 Å². The number of hydrogen-bond acceptors (Lipinski definition) is 0. The van der Waals surface area contributed by atoms with Crippen LogP contribution < -0.4 is 0 Å². The zero-order valence-electron chi connectivity index (χ0n) is 11.9. The molecule has 0 unspecified atom stereocenters. The number of unbranched alkanes of at least 4 members (excludes halogenated alkanes) is 8. The highest BCUT2D eigenvalue weighted by molar-refractivity contribution is 6.82. The Morgan fingerprint density at radius 3 is 1.69 bits per heavy atom. The molecule has 0 radical (unpaired) electrons. The van der Waals surface area contributed by atoms with Gasteiger partial charge in [0, 0.05) is 0 Å². The Morgan fingerprint density at radius 2 is 1.25 bits per heavy atom. The minimum atomic E-state index is -0.999. The molecule has 96 valence electrons. The molecule has 0 spiro atoms. The van der Waals surface area contributed by atoms with Crippen LogP contribution in [0.1, 0.15) is 64.7 Å². The summed E-state index contributed by atoms with van der Waals surface area (Å²) in [7, 11) is -0.999. The van der Waals surface area contributed by atoms with Crippen LogP contribution in [0, 0.1) is 0 Å². The van der Waals surface area contributed by atoms with Crippen molar-refractivity contribution in [2.75, 3.05) is 0 Å². The standard InChI is InChI=1S/C15H32Si/c1-5-7-8-9-10-11-12-13-14-15-16(3,4)6-2/h6H,2,5,7-15H2,1,3-4H3. The SMILES string of the molecule is C=C[Si](C)(C)CCCCCCCCCCC. The van der Waals surface area contributed by atoms with Gasteiger partial charge in [-0.15, -0.1) is 12.3 Å². The molecular formula is C15H32Si. The lowest BCUT2D eigenvalue weighted by Gasteiger charge is -2.16. The Labute approximate surface area is 105 Å². The molecule has 0 aromatic carbocycles. The summed E-state index contributed by atoms with van der Waals surface area (Å²) in [4.78, 5) is 0. The fourth-order valence-electron chi connectivity index (χ4n) is 1.99. The third-order valence-electron chi connectivity index (χ3n) is 3.48. The van der Waals surface area contributed by atoms with Gasteiger partial charge in [-0.3, -0.25) is 0 Å². The molecule has 0 bridgehead atoms. The van der Waals surface area contributed by atoms with Crippen molar-refractivity contribution in [2.24, 2.45) is 0 Å². The van der Waals surface area contributed by atoms with Gasteiger partial charge in [-0.1, -0.05) is 83.8 Å². The predicted molar refractivity (Wildman–Crippen MR) is 79.7 cm³/mol. The van der Waals surface area contributed by atoms with E-state index in [4.69, 9.17) is 0 Å². The van der Waals surface area contributed by atoms with Gasteiger partial charge in [0.05, 0.1) is 8.07 Å². The normalized spacial score (nSPS) is 11.7. The molecule has 0 fully saturated rings. The lowest BCUT2D eigenvalue weighted by Crippen LogP contribution is -2.21. The van der Waals surface area contributed by atoms with E-state index in [0.29, 0.717) is 0 Å². The molecule has 0 aromatic rings. The first-order valence-corrected chi connectivity index (χ1v) is 10.5. The van der Waals surface area contributed by atoms with Crippen molar-refractivity contribution in [2.45, 2.75) is 83.8 Å². The molecule has 0 N–H and O–H groups in total. The van der Waals surface area contributed by atoms with Crippen LogP contribution in [0.3, 0.4) is 0 Å². The van der Waals surface area contributed by atoms with Crippen molar-refractivity contribution in [3.8, 4) is 0 Å². The second kappa shape index (κ2) is 10.1. The van der Waals surface area contributed by atoms with E-state index in [0.717, 1.165) is 0 Å². The topological polar surface area (TPSA) is 0 Å². The molecule has 1 heteroatoms. The third-order valence-corrected chi connectivity index (χ3v) is 6.22. The Morgan fingerprint density at radius 1 is 0.812 bits per heavy atom. The van der Waals surface area contributed by atoms with Crippen molar-refractivity contribution >= 4 is 8.07 Å². The van der Waals surface area contributed by atoms with Crippen molar-refractivity contribution in [1.82, 2.24) is 0 Å². The van der Waals surface area contributed by atoms with Crippen molar-refractivity contribution in [1.29, 1.82) is 0 Å². The third kappa shape index (κ3) is 10.5. The van der Waals surface area contributed by atoms with Crippen LogP contribution in [-0.2, 0) is 0 Å². The van der Waals surface area contributed by atoms with Gasteiger partial charge in [0.1, 0.15) is 0 Å². The smallest absolute Gasteiger partial charge is 0.0709 e. The maximum Gasteiger partial charge on any atom is 0.0709 e. The fourth-order valence-corrected chi connectivity index (χ4v) is 3.36. The maximum atomic E-state index is 3.95. The Bertz CT molecular complexity index is 161. The highest BCUT2D eigenvalue weighted by atomic mass is 28.3. The summed E-state index contributed by atoms with van der Waals surface area (Å²) >= 11 is 0. The summed E-state index contributed by atoms with van der Waals surface area (Å²) in [5.41, 5.74) is 2.23. The van der Waals surface area contributed by atoms with Crippen LogP contribution in [0.5, 0.6) is 0 Å². The van der Waals surface area contributed by atoms with Gasteiger partial charge < -0.3 is 0 Å². The molecule has 0 amide bonds. The van der Waals surface area contributed by atoms with Crippen LogP contribution in [0.4, 0.5) is 0 Å². The molecule has 0 saturated carbocycles. The average molecular weight is 241 g/mol. The van der Waals surface area contributed by atoms with Crippen LogP contribution >= 0.6 is 0 Å². The summed E-state index contributed by atoms with van der Waals surface area (Å²) in [5, 5.41) is 0. The Hall–Kier alpha value is -0.0431. The summed E-state index contributed by atoms with van der Waals surface area (Å²) in [6.45, 7) is 11.1. The van der Waals surface area contributed by atoms with Gasteiger partial charge in [0.15, 0.2) is 0 Å². The Kier molecular flexibility index (Phi) is 10.1. The molecular weight excluding hydrogens is 208 g/mol. The first-order chi connectivity index (χ1) is 7.62. The Balaban J connectivity index is 3.13. The van der Waals surface area contributed by atoms with Gasteiger partial charge >= 0.3 is 0 Å². The first-order valence-electron chi connectivity index (χ1n) is 7.26. The highest BCUT2D eigenvalue weighted by Gasteiger charge is 2.14. The zero-order chi connectivity index (χ0) is 12.3. The van der Waals surface area contributed by atoms with Crippen molar-refractivity contribution < 1.29 is 0 Å². The van der Waals surface area contributed by atoms with Gasteiger partial charge in [0.2, 0.25) is 0 Å². The van der Waals surface area contributed by atoms with E-state index in [9.17, 15) is 0 Å². The van der Waals surface area contributed by atoms with Crippen molar-refractivity contribution in [3.63, 3.8) is 0 Å². The number of rotatable bonds is 11. The fraction of sp³-hybridized carbons (Fsp3) is 0.867. The van der Waals surface area contributed by atoms with Crippen LogP contribution in [0.15, 0.2) is 12.3 Å². The molecule has 0 saturated heterocycles. The summed E-state index contributed by atoms with van der Waals surface area (Å²) in [5.74, 6) is 0. The highest BCUT2D eigenvalue weighted by Crippen LogP contribution is 2.17. The second-order valence-corrected chi connectivity index (χ2v) is 10.7. The zero-order valence-corrected chi connectivity index (χ0v) is 12.9. The van der Waals surface area contributed by atoms with Gasteiger partial charge in [-0.05, 0) is 0 Å². The molecule has 0 heterocycles. The van der Waals surface area contributed by atoms with E-state index in [1.807, 2.05) is 0 Å². The van der Waals surface area contributed by atoms with E-state index in [-0.39, 0.29) is 0 Å². The van der Waals surface area contributed by atoms with E-state index >= 15 is 0 Å². The average Bonchev–Trinajstić information content (AvgIpc) is 2.27. The van der Waals surface area contributed by atoms with E-state index in [2.05, 4.69) is 32.3 Å². The summed E-state index contributed by atoms with van der Waals surface area (Å²) in [6, 6.07) is 1.44. The minimum Gasteiger partial charge on any atom is -0.107 e. The lowest BCUT2D eigenvalue weighted by molar-refractivity contribution is 0.571. The predicted octanol–water partition coefficient (Wildman–Crippen LogP) is 5.95. The number of hydrogen-bond donors (Lipinski definition) is 0. The quantitative estimate of drug-likeness (QED) is 0.309. The molecule has 0 nitrogen and oxygen atoms in total. The molecule has 0 aliphatic rings. The summed E-state index contributed by atoms with van der Waals surface area (Å²) < 4.78 is 0. The molecule has 0 rings (SSSR count). The van der Waals surface area contributed by atoms with Crippen LogP contribution in [0.2, 0.25) is 19.1 Å². The molecule has 16 heavy (non-hydrogen) atoms. The van der Waals surface area contributed by atoms with E-state index in [1.165, 1.54) is 63.8 Å². The van der Waals surface area contributed by atoms with Gasteiger partial charge in [-0.2, -0.15) is 0 Å². The molecule has 0 aliphatic heterocycles. The molecule has 0 aromatic heterocycles. The van der Waals surface area contributed by atoms with Gasteiger partial charge in [-0.25, -0.2) is 0 Å². The minimum absolute atomic E-state index is 0.999. The van der Waals surface area contributed by atoms with Crippen molar-refractivity contribution in [3.05, 3.63) is 12.3 Å². The molecule has 0 atom stereocenters. The van der Waals surface area contributed by atoms with Crippen LogP contribution in [0.25, 0.3) is 0 Å².